The average molecular weight is 370 g/mol. The first-order valence-corrected chi connectivity index (χ1v) is 8.79. The molecule has 2 rings (SSSR count). The summed E-state index contributed by atoms with van der Waals surface area (Å²) in [5, 5.41) is 2.84. The maximum Gasteiger partial charge on any atom is 0.274 e. The van der Waals surface area contributed by atoms with Gasteiger partial charge in [-0.1, -0.05) is 12.1 Å². The van der Waals surface area contributed by atoms with E-state index >= 15 is 0 Å². The Balaban J connectivity index is 1.94. The number of amides is 2. The lowest BCUT2D eigenvalue weighted by Gasteiger charge is -2.33. The maximum absolute atomic E-state index is 12.6. The maximum atomic E-state index is 12.6. The highest BCUT2D eigenvalue weighted by Crippen LogP contribution is 2.20. The third kappa shape index (κ3) is 5.20. The number of nitrogens with one attached hydrogen (secondary N) is 1. The number of methoxy groups -OCH3 is 1. The standard InChI is InChI=1S/C20H26N4O3/c1-5-18-20(26)24(14-16(13-21-2)23(18)3)11-7-10-19(25)22-15-8-6-9-17(12-15)27-4/h5-6,8-9,12-14H,7,10-11H2,1-4H3,(H,22,25)/b18-5-,21-13?. The highest BCUT2D eigenvalue weighted by atomic mass is 16.5. The monoisotopic (exact) mass is 370 g/mol. The van der Waals surface area contributed by atoms with Crippen molar-refractivity contribution in [3.8, 4) is 5.75 Å². The molecule has 0 bridgehead atoms. The van der Waals surface area contributed by atoms with Gasteiger partial charge < -0.3 is 19.9 Å². The van der Waals surface area contributed by atoms with E-state index in [4.69, 9.17) is 4.74 Å². The number of anilines is 1. The largest absolute Gasteiger partial charge is 0.497 e. The summed E-state index contributed by atoms with van der Waals surface area (Å²) in [5.41, 5.74) is 2.10. The van der Waals surface area contributed by atoms with Crippen LogP contribution in [0.3, 0.4) is 0 Å². The van der Waals surface area contributed by atoms with Crippen molar-refractivity contribution in [3.63, 3.8) is 0 Å². The summed E-state index contributed by atoms with van der Waals surface area (Å²) in [6.07, 6.45) is 6.12. The number of rotatable bonds is 7. The molecule has 1 N–H and O–H groups in total. The molecule has 0 aliphatic carbocycles. The molecule has 1 heterocycles. The fourth-order valence-electron chi connectivity index (χ4n) is 2.80. The Bertz CT molecular complexity index is 783. The Morgan fingerprint density at radius 1 is 1.37 bits per heavy atom. The van der Waals surface area contributed by atoms with Gasteiger partial charge in [0.15, 0.2) is 0 Å². The Morgan fingerprint density at radius 3 is 2.81 bits per heavy atom. The van der Waals surface area contributed by atoms with Crippen LogP contribution in [0, 0.1) is 0 Å². The van der Waals surface area contributed by atoms with Crippen molar-refractivity contribution in [2.75, 3.05) is 33.1 Å². The third-order valence-electron chi connectivity index (χ3n) is 4.21. The van der Waals surface area contributed by atoms with E-state index in [0.29, 0.717) is 36.5 Å². The van der Waals surface area contributed by atoms with Crippen LogP contribution < -0.4 is 10.1 Å². The highest BCUT2D eigenvalue weighted by Gasteiger charge is 2.26. The summed E-state index contributed by atoms with van der Waals surface area (Å²) in [6, 6.07) is 7.20. The minimum Gasteiger partial charge on any atom is -0.497 e. The van der Waals surface area contributed by atoms with Crippen LogP contribution in [-0.2, 0) is 9.59 Å². The van der Waals surface area contributed by atoms with Crippen LogP contribution >= 0.6 is 0 Å². The first-order valence-electron chi connectivity index (χ1n) is 8.79. The van der Waals surface area contributed by atoms with Crippen molar-refractivity contribution >= 4 is 23.7 Å². The predicted molar refractivity (Wildman–Crippen MR) is 107 cm³/mol. The summed E-state index contributed by atoms with van der Waals surface area (Å²) in [7, 11) is 5.10. The molecule has 7 heteroatoms. The number of carbonyl (C=O) groups is 2. The second kappa shape index (κ2) is 9.56. The second-order valence-corrected chi connectivity index (χ2v) is 6.06. The van der Waals surface area contributed by atoms with E-state index in [1.807, 2.05) is 32.2 Å². The summed E-state index contributed by atoms with van der Waals surface area (Å²) in [6.45, 7) is 2.28. The Hall–Kier alpha value is -3.09. The minimum absolute atomic E-state index is 0.0820. The highest BCUT2D eigenvalue weighted by molar-refractivity contribution is 5.97. The molecule has 2 amide bonds. The SMILES string of the molecule is C/C=C1/C(=O)N(CCCC(=O)Nc2cccc(OC)c2)C=C(C=NC)N1C. The summed E-state index contributed by atoms with van der Waals surface area (Å²) < 4.78 is 5.15. The molecule has 0 fully saturated rings. The number of allylic oxidation sites excluding steroid dienone is 2. The molecule has 0 saturated heterocycles. The van der Waals surface area contributed by atoms with Gasteiger partial charge in [0.05, 0.1) is 12.8 Å². The van der Waals surface area contributed by atoms with Gasteiger partial charge in [-0.2, -0.15) is 0 Å². The molecule has 1 aromatic rings. The lowest BCUT2D eigenvalue weighted by Crippen LogP contribution is -2.40. The van der Waals surface area contributed by atoms with Crippen LogP contribution in [0.2, 0.25) is 0 Å². The minimum atomic E-state index is -0.101. The van der Waals surface area contributed by atoms with Crippen LogP contribution in [0.1, 0.15) is 19.8 Å². The first-order chi connectivity index (χ1) is 13.0. The Labute approximate surface area is 160 Å². The number of carbonyl (C=O) groups excluding carboxylic acids is 2. The normalized spacial score (nSPS) is 16.1. The van der Waals surface area contributed by atoms with Crippen molar-refractivity contribution < 1.29 is 14.3 Å². The molecule has 0 saturated carbocycles. The third-order valence-corrected chi connectivity index (χ3v) is 4.21. The number of likely N-dealkylation sites (N-methyl/N-ethyl adjacent to an activating group) is 1. The van der Waals surface area contributed by atoms with Crippen LogP contribution in [0.5, 0.6) is 5.75 Å². The van der Waals surface area contributed by atoms with Crippen molar-refractivity contribution in [3.05, 3.63) is 47.9 Å². The molecular formula is C20H26N4O3. The number of ether oxygens (including phenoxy) is 1. The first kappa shape index (κ1) is 20.2. The van der Waals surface area contributed by atoms with E-state index in [0.717, 1.165) is 5.70 Å². The molecule has 0 aromatic heterocycles. The van der Waals surface area contributed by atoms with Crippen molar-refractivity contribution in [1.29, 1.82) is 0 Å². The summed E-state index contributed by atoms with van der Waals surface area (Å²) in [4.78, 5) is 32.2. The van der Waals surface area contributed by atoms with E-state index in [9.17, 15) is 9.59 Å². The molecule has 27 heavy (non-hydrogen) atoms. The quantitative estimate of drug-likeness (QED) is 0.591. The molecule has 0 atom stereocenters. The van der Waals surface area contributed by atoms with E-state index < -0.39 is 0 Å². The lowest BCUT2D eigenvalue weighted by atomic mass is 10.2. The molecule has 144 valence electrons. The number of benzene rings is 1. The molecule has 0 unspecified atom stereocenters. The molecule has 1 aliphatic heterocycles. The Morgan fingerprint density at radius 2 is 2.15 bits per heavy atom. The van der Waals surface area contributed by atoms with Crippen LogP contribution in [-0.4, -0.2) is 55.6 Å². The number of aliphatic imine (C=N–C) groups is 1. The molecule has 0 spiro atoms. The van der Waals surface area contributed by atoms with Crippen molar-refractivity contribution in [2.45, 2.75) is 19.8 Å². The topological polar surface area (TPSA) is 74.2 Å². The number of hydrogen-bond acceptors (Lipinski definition) is 5. The van der Waals surface area contributed by atoms with E-state index in [1.165, 1.54) is 0 Å². The average Bonchev–Trinajstić information content (AvgIpc) is 2.66. The van der Waals surface area contributed by atoms with Gasteiger partial charge in [-0.3, -0.25) is 14.6 Å². The zero-order chi connectivity index (χ0) is 19.8. The lowest BCUT2D eigenvalue weighted by molar-refractivity contribution is -0.127. The van der Waals surface area contributed by atoms with Gasteiger partial charge in [-0.05, 0) is 25.5 Å². The Kier molecular flexibility index (Phi) is 7.16. The van der Waals surface area contributed by atoms with Gasteiger partial charge in [-0.25, -0.2) is 0 Å². The fraction of sp³-hybridized carbons (Fsp3) is 0.350. The zero-order valence-corrected chi connectivity index (χ0v) is 16.2. The van der Waals surface area contributed by atoms with Gasteiger partial charge in [-0.15, -0.1) is 0 Å². The number of hydrogen-bond donors (Lipinski definition) is 1. The van der Waals surface area contributed by atoms with E-state index in [2.05, 4.69) is 10.3 Å². The van der Waals surface area contributed by atoms with Gasteiger partial charge >= 0.3 is 0 Å². The van der Waals surface area contributed by atoms with Gasteiger partial charge in [0.2, 0.25) is 5.91 Å². The molecular weight excluding hydrogens is 344 g/mol. The van der Waals surface area contributed by atoms with Gasteiger partial charge in [0.25, 0.3) is 5.91 Å². The van der Waals surface area contributed by atoms with Gasteiger partial charge in [0, 0.05) is 51.2 Å². The second-order valence-electron chi connectivity index (χ2n) is 6.06. The van der Waals surface area contributed by atoms with Crippen LogP contribution in [0.25, 0.3) is 0 Å². The fourth-order valence-corrected chi connectivity index (χ4v) is 2.80. The predicted octanol–water partition coefficient (Wildman–Crippen LogP) is 2.63. The molecule has 1 aliphatic rings. The zero-order valence-electron chi connectivity index (χ0n) is 16.2. The smallest absolute Gasteiger partial charge is 0.274 e. The molecule has 0 radical (unpaired) electrons. The van der Waals surface area contributed by atoms with Crippen LogP contribution in [0.4, 0.5) is 5.69 Å². The summed E-state index contributed by atoms with van der Waals surface area (Å²) >= 11 is 0. The molecule has 1 aromatic carbocycles. The van der Waals surface area contributed by atoms with Crippen molar-refractivity contribution in [1.82, 2.24) is 9.80 Å². The summed E-state index contributed by atoms with van der Waals surface area (Å²) in [5.74, 6) is 0.502. The van der Waals surface area contributed by atoms with Gasteiger partial charge in [0.1, 0.15) is 11.4 Å². The van der Waals surface area contributed by atoms with Crippen molar-refractivity contribution in [2.24, 2.45) is 4.99 Å². The molecule has 7 nitrogen and oxygen atoms in total. The van der Waals surface area contributed by atoms with Crippen LogP contribution in [0.15, 0.2) is 52.9 Å². The van der Waals surface area contributed by atoms with E-state index in [-0.39, 0.29) is 11.8 Å². The number of nitrogens with zero attached hydrogens (tertiary/aromatic N) is 3. The van der Waals surface area contributed by atoms with E-state index in [1.54, 1.807) is 48.5 Å².